The summed E-state index contributed by atoms with van der Waals surface area (Å²) >= 11 is 0. The van der Waals surface area contributed by atoms with Gasteiger partial charge in [0, 0.05) is 11.4 Å². The zero-order valence-electron chi connectivity index (χ0n) is 11.2. The van der Waals surface area contributed by atoms with Gasteiger partial charge in [-0.3, -0.25) is 9.59 Å². The lowest BCUT2D eigenvalue weighted by atomic mass is 10.3. The smallest absolute Gasteiger partial charge is 0.314 e. The highest BCUT2D eigenvalue weighted by molar-refractivity contribution is 6.43. The van der Waals surface area contributed by atoms with Crippen molar-refractivity contribution < 1.29 is 18.7 Å². The number of amides is 2. The summed E-state index contributed by atoms with van der Waals surface area (Å²) in [5, 5.41) is 4.74. The van der Waals surface area contributed by atoms with Crippen molar-refractivity contribution in [2.24, 2.45) is 0 Å². The van der Waals surface area contributed by atoms with Crippen LogP contribution in [0.1, 0.15) is 0 Å². The van der Waals surface area contributed by atoms with Gasteiger partial charge in [0.05, 0.1) is 7.11 Å². The van der Waals surface area contributed by atoms with Crippen molar-refractivity contribution in [1.82, 2.24) is 0 Å². The molecule has 2 aromatic carbocycles. The highest BCUT2D eigenvalue weighted by Crippen LogP contribution is 2.15. The molecular formula is C15H13FN2O3. The van der Waals surface area contributed by atoms with Gasteiger partial charge in [0.25, 0.3) is 0 Å². The number of benzene rings is 2. The third-order valence-electron chi connectivity index (χ3n) is 2.64. The molecule has 0 atom stereocenters. The number of methoxy groups -OCH3 is 1. The molecule has 6 heteroatoms. The zero-order valence-corrected chi connectivity index (χ0v) is 11.2. The van der Waals surface area contributed by atoms with E-state index in [-0.39, 0.29) is 5.69 Å². The number of anilines is 2. The summed E-state index contributed by atoms with van der Waals surface area (Å²) in [7, 11) is 1.53. The molecule has 5 nitrogen and oxygen atoms in total. The Morgan fingerprint density at radius 2 is 1.57 bits per heavy atom. The molecule has 0 bridgehead atoms. The SMILES string of the molecule is COc1ccc(NC(=O)C(=O)Nc2cccc(F)c2)cc1. The molecule has 0 aromatic heterocycles. The number of rotatable bonds is 3. The maximum absolute atomic E-state index is 13.0. The van der Waals surface area contributed by atoms with Crippen molar-refractivity contribution in [3.63, 3.8) is 0 Å². The minimum Gasteiger partial charge on any atom is -0.497 e. The minimum absolute atomic E-state index is 0.213. The van der Waals surface area contributed by atoms with Crippen LogP contribution in [0.25, 0.3) is 0 Å². The van der Waals surface area contributed by atoms with E-state index in [9.17, 15) is 14.0 Å². The minimum atomic E-state index is -0.878. The molecule has 0 fully saturated rings. The van der Waals surface area contributed by atoms with Gasteiger partial charge in [-0.2, -0.15) is 0 Å². The number of hydrogen-bond acceptors (Lipinski definition) is 3. The number of nitrogens with one attached hydrogen (secondary N) is 2. The van der Waals surface area contributed by atoms with Crippen LogP contribution in [0.3, 0.4) is 0 Å². The third kappa shape index (κ3) is 4.04. The number of halogens is 1. The predicted octanol–water partition coefficient (Wildman–Crippen LogP) is 2.41. The zero-order chi connectivity index (χ0) is 15.2. The standard InChI is InChI=1S/C15H13FN2O3/c1-21-13-7-5-11(6-8-13)17-14(19)15(20)18-12-4-2-3-10(16)9-12/h2-9H,1H3,(H,17,19)(H,18,20). The molecule has 2 rings (SSSR count). The fourth-order valence-corrected chi connectivity index (χ4v) is 1.62. The lowest BCUT2D eigenvalue weighted by Gasteiger charge is -2.07. The van der Waals surface area contributed by atoms with Crippen molar-refractivity contribution in [3.05, 3.63) is 54.3 Å². The first kappa shape index (κ1) is 14.5. The van der Waals surface area contributed by atoms with Crippen LogP contribution in [0.5, 0.6) is 5.75 Å². The summed E-state index contributed by atoms with van der Waals surface area (Å²) in [6.07, 6.45) is 0. The fourth-order valence-electron chi connectivity index (χ4n) is 1.62. The van der Waals surface area contributed by atoms with Crippen LogP contribution >= 0.6 is 0 Å². The fraction of sp³-hybridized carbons (Fsp3) is 0.0667. The van der Waals surface area contributed by atoms with Gasteiger partial charge in [0.2, 0.25) is 0 Å². The Labute approximate surface area is 120 Å². The molecule has 0 saturated carbocycles. The maximum atomic E-state index is 13.0. The molecule has 2 N–H and O–H groups in total. The Morgan fingerprint density at radius 1 is 0.952 bits per heavy atom. The summed E-state index contributed by atoms with van der Waals surface area (Å²) in [6, 6.07) is 11.8. The summed E-state index contributed by atoms with van der Waals surface area (Å²) in [5.41, 5.74) is 0.667. The Kier molecular flexibility index (Phi) is 4.50. The first-order valence-electron chi connectivity index (χ1n) is 6.10. The van der Waals surface area contributed by atoms with Gasteiger partial charge >= 0.3 is 11.8 Å². The maximum Gasteiger partial charge on any atom is 0.314 e. The highest BCUT2D eigenvalue weighted by atomic mass is 19.1. The van der Waals surface area contributed by atoms with E-state index in [4.69, 9.17) is 4.74 Å². The largest absolute Gasteiger partial charge is 0.497 e. The van der Waals surface area contributed by atoms with Crippen LogP contribution in [0, 0.1) is 5.82 Å². The molecule has 108 valence electrons. The van der Waals surface area contributed by atoms with E-state index in [1.165, 1.54) is 25.3 Å². The lowest BCUT2D eigenvalue weighted by molar-refractivity contribution is -0.133. The lowest BCUT2D eigenvalue weighted by Crippen LogP contribution is -2.29. The van der Waals surface area contributed by atoms with Gasteiger partial charge < -0.3 is 15.4 Å². The molecule has 0 spiro atoms. The monoisotopic (exact) mass is 288 g/mol. The number of carbonyl (C=O) groups excluding carboxylic acids is 2. The Bertz CT molecular complexity index is 656. The van der Waals surface area contributed by atoms with Crippen LogP contribution in [0.2, 0.25) is 0 Å². The topological polar surface area (TPSA) is 67.4 Å². The molecule has 2 amide bonds. The third-order valence-corrected chi connectivity index (χ3v) is 2.64. The second kappa shape index (κ2) is 6.51. The van der Waals surface area contributed by atoms with Gasteiger partial charge in [-0.15, -0.1) is 0 Å². The quantitative estimate of drug-likeness (QED) is 0.852. The highest BCUT2D eigenvalue weighted by Gasteiger charge is 2.14. The average Bonchev–Trinajstić information content (AvgIpc) is 2.48. The van der Waals surface area contributed by atoms with E-state index < -0.39 is 17.6 Å². The van der Waals surface area contributed by atoms with Crippen molar-refractivity contribution in [1.29, 1.82) is 0 Å². The average molecular weight is 288 g/mol. The van der Waals surface area contributed by atoms with Crippen LogP contribution in [0.15, 0.2) is 48.5 Å². The molecule has 0 aliphatic carbocycles. The van der Waals surface area contributed by atoms with E-state index in [0.717, 1.165) is 6.07 Å². The Balaban J connectivity index is 1.97. The van der Waals surface area contributed by atoms with E-state index in [1.54, 1.807) is 24.3 Å². The summed E-state index contributed by atoms with van der Waals surface area (Å²) in [6.45, 7) is 0. The molecule has 0 heterocycles. The van der Waals surface area contributed by atoms with E-state index in [0.29, 0.717) is 11.4 Å². The van der Waals surface area contributed by atoms with Crippen LogP contribution in [-0.4, -0.2) is 18.9 Å². The van der Waals surface area contributed by atoms with Crippen LogP contribution < -0.4 is 15.4 Å². The molecule has 0 saturated heterocycles. The normalized spacial score (nSPS) is 9.81. The predicted molar refractivity (Wildman–Crippen MR) is 76.7 cm³/mol. The van der Waals surface area contributed by atoms with Crippen molar-refractivity contribution in [2.75, 3.05) is 17.7 Å². The van der Waals surface area contributed by atoms with E-state index in [2.05, 4.69) is 10.6 Å². The van der Waals surface area contributed by atoms with Crippen molar-refractivity contribution in [2.45, 2.75) is 0 Å². The summed E-state index contributed by atoms with van der Waals surface area (Å²) in [5.74, 6) is -1.58. The van der Waals surface area contributed by atoms with E-state index >= 15 is 0 Å². The molecule has 0 unspecified atom stereocenters. The Hall–Kier alpha value is -2.89. The second-order valence-corrected chi connectivity index (χ2v) is 4.15. The van der Waals surface area contributed by atoms with Gasteiger partial charge in [-0.05, 0) is 42.5 Å². The Morgan fingerprint density at radius 3 is 2.14 bits per heavy atom. The first-order valence-corrected chi connectivity index (χ1v) is 6.10. The van der Waals surface area contributed by atoms with Crippen molar-refractivity contribution >= 4 is 23.2 Å². The molecular weight excluding hydrogens is 275 g/mol. The van der Waals surface area contributed by atoms with Gasteiger partial charge in [-0.1, -0.05) is 6.07 Å². The molecule has 2 aromatic rings. The van der Waals surface area contributed by atoms with Crippen molar-refractivity contribution in [3.8, 4) is 5.75 Å². The molecule has 21 heavy (non-hydrogen) atoms. The number of ether oxygens (including phenoxy) is 1. The first-order chi connectivity index (χ1) is 10.1. The van der Waals surface area contributed by atoms with Gasteiger partial charge in [-0.25, -0.2) is 4.39 Å². The van der Waals surface area contributed by atoms with Gasteiger partial charge in [0.1, 0.15) is 11.6 Å². The van der Waals surface area contributed by atoms with Crippen LogP contribution in [-0.2, 0) is 9.59 Å². The second-order valence-electron chi connectivity index (χ2n) is 4.15. The van der Waals surface area contributed by atoms with Crippen LogP contribution in [0.4, 0.5) is 15.8 Å². The summed E-state index contributed by atoms with van der Waals surface area (Å²) in [4.78, 5) is 23.4. The van der Waals surface area contributed by atoms with Gasteiger partial charge in [0.15, 0.2) is 0 Å². The molecule has 0 radical (unpaired) electrons. The molecule has 0 aliphatic rings. The van der Waals surface area contributed by atoms with E-state index in [1.807, 2.05) is 0 Å². The number of carbonyl (C=O) groups is 2. The molecule has 0 aliphatic heterocycles. The number of hydrogen-bond donors (Lipinski definition) is 2. The summed E-state index contributed by atoms with van der Waals surface area (Å²) < 4.78 is 18.0.